The first-order valence-corrected chi connectivity index (χ1v) is 13.5. The number of rotatable bonds is 6. The van der Waals surface area contributed by atoms with Gasteiger partial charge in [0.15, 0.2) is 14.9 Å². The van der Waals surface area contributed by atoms with Gasteiger partial charge in [-0.25, -0.2) is 18.4 Å². The minimum Gasteiger partial charge on any atom is -0.383 e. The van der Waals surface area contributed by atoms with E-state index >= 15 is 0 Å². The van der Waals surface area contributed by atoms with E-state index in [1.54, 1.807) is 18.2 Å². The molecular formula is C26H22F3N5O3S. The molecule has 0 unspecified atom stereocenters. The average molecular weight is 542 g/mol. The summed E-state index contributed by atoms with van der Waals surface area (Å²) >= 11 is 0. The number of anilines is 2. The maximum absolute atomic E-state index is 13.7. The maximum atomic E-state index is 13.7. The lowest BCUT2D eigenvalue weighted by molar-refractivity contribution is -0.137. The largest absolute Gasteiger partial charge is 0.419 e. The van der Waals surface area contributed by atoms with Gasteiger partial charge in [-0.1, -0.05) is 12.1 Å². The SMILES string of the molecule is CS(=O)(=O)c1ncccc1N(Cc1ccc2cc(C(F)(F)F)c(N)nc2c1)C(=O)c1ccc(C2CC2)nc1. The predicted octanol–water partition coefficient (Wildman–Crippen LogP) is 4.75. The number of amides is 1. The van der Waals surface area contributed by atoms with Gasteiger partial charge in [-0.05, 0) is 54.8 Å². The molecule has 8 nitrogen and oxygen atoms in total. The number of carbonyl (C=O) groups is 1. The summed E-state index contributed by atoms with van der Waals surface area (Å²) in [4.78, 5) is 27.3. The number of fused-ring (bicyclic) bond motifs is 1. The van der Waals surface area contributed by atoms with Crippen LogP contribution < -0.4 is 10.6 Å². The number of benzene rings is 1. The van der Waals surface area contributed by atoms with Crippen molar-refractivity contribution in [3.8, 4) is 0 Å². The van der Waals surface area contributed by atoms with Crippen molar-refractivity contribution in [2.45, 2.75) is 36.5 Å². The number of pyridine rings is 3. The first kappa shape index (κ1) is 25.6. The second-order valence-electron chi connectivity index (χ2n) is 9.18. The number of nitrogens with zero attached hydrogens (tertiary/aromatic N) is 4. The van der Waals surface area contributed by atoms with Crippen LogP contribution in [-0.4, -0.2) is 35.5 Å². The van der Waals surface area contributed by atoms with Crippen LogP contribution in [0.1, 0.15) is 45.9 Å². The molecule has 0 atom stereocenters. The molecule has 1 fully saturated rings. The summed E-state index contributed by atoms with van der Waals surface area (Å²) in [6, 6.07) is 11.8. The Kier molecular flexibility index (Phi) is 6.30. The highest BCUT2D eigenvalue weighted by molar-refractivity contribution is 7.90. The minimum absolute atomic E-state index is 0.0614. The zero-order valence-electron chi connectivity index (χ0n) is 20.1. The van der Waals surface area contributed by atoms with E-state index in [9.17, 15) is 26.4 Å². The first-order valence-electron chi connectivity index (χ1n) is 11.6. The fourth-order valence-electron chi connectivity index (χ4n) is 4.18. The van der Waals surface area contributed by atoms with Gasteiger partial charge in [0, 0.05) is 35.6 Å². The molecule has 5 rings (SSSR count). The Morgan fingerprint density at radius 1 is 1.11 bits per heavy atom. The van der Waals surface area contributed by atoms with Gasteiger partial charge in [0.1, 0.15) is 5.82 Å². The zero-order valence-corrected chi connectivity index (χ0v) is 20.9. The van der Waals surface area contributed by atoms with E-state index in [1.165, 1.54) is 41.6 Å². The van der Waals surface area contributed by atoms with Crippen LogP contribution in [0.5, 0.6) is 0 Å². The molecule has 0 bridgehead atoms. The van der Waals surface area contributed by atoms with Crippen molar-refractivity contribution in [1.29, 1.82) is 0 Å². The molecule has 0 aliphatic heterocycles. The Labute approximate surface area is 216 Å². The molecule has 196 valence electrons. The van der Waals surface area contributed by atoms with E-state index in [0.717, 1.165) is 30.9 Å². The summed E-state index contributed by atoms with van der Waals surface area (Å²) in [5, 5.41) is -0.0693. The van der Waals surface area contributed by atoms with E-state index in [1.807, 2.05) is 0 Å². The first-order chi connectivity index (χ1) is 17.9. The number of alkyl halides is 3. The van der Waals surface area contributed by atoms with Gasteiger partial charge in [0.05, 0.1) is 28.9 Å². The molecule has 12 heteroatoms. The third kappa shape index (κ3) is 5.17. The molecule has 1 aliphatic rings. The molecule has 3 aromatic heterocycles. The van der Waals surface area contributed by atoms with Crippen molar-refractivity contribution < 1.29 is 26.4 Å². The summed E-state index contributed by atoms with van der Waals surface area (Å²) in [6.07, 6.45) is 1.21. The Bertz CT molecular complexity index is 1650. The molecule has 4 aromatic rings. The summed E-state index contributed by atoms with van der Waals surface area (Å²) in [5.41, 5.74) is 6.42. The highest BCUT2D eigenvalue weighted by atomic mass is 32.2. The van der Waals surface area contributed by atoms with Crippen molar-refractivity contribution in [3.63, 3.8) is 0 Å². The van der Waals surface area contributed by atoms with Crippen molar-refractivity contribution in [3.05, 3.63) is 83.3 Å². The van der Waals surface area contributed by atoms with Crippen LogP contribution >= 0.6 is 0 Å². The summed E-state index contributed by atoms with van der Waals surface area (Å²) in [7, 11) is -3.81. The van der Waals surface area contributed by atoms with Crippen LogP contribution in [-0.2, 0) is 22.6 Å². The molecule has 1 saturated carbocycles. The Morgan fingerprint density at radius 2 is 1.87 bits per heavy atom. The topological polar surface area (TPSA) is 119 Å². The quantitative estimate of drug-likeness (QED) is 0.374. The summed E-state index contributed by atoms with van der Waals surface area (Å²) in [6.45, 7) is -0.115. The van der Waals surface area contributed by atoms with Crippen molar-refractivity contribution in [1.82, 2.24) is 15.0 Å². The van der Waals surface area contributed by atoms with Gasteiger partial charge in [-0.15, -0.1) is 0 Å². The highest BCUT2D eigenvalue weighted by Crippen LogP contribution is 2.39. The van der Waals surface area contributed by atoms with E-state index in [0.29, 0.717) is 11.5 Å². The third-order valence-corrected chi connectivity index (χ3v) is 7.24. The number of nitrogens with two attached hydrogens (primary N) is 1. The lowest BCUT2D eigenvalue weighted by Gasteiger charge is -2.24. The fraction of sp³-hybridized carbons (Fsp3) is 0.231. The monoisotopic (exact) mass is 541 g/mol. The number of carbonyl (C=O) groups excluding carboxylic acids is 1. The Morgan fingerprint density at radius 3 is 2.50 bits per heavy atom. The van der Waals surface area contributed by atoms with Crippen molar-refractivity contribution >= 4 is 38.2 Å². The smallest absolute Gasteiger partial charge is 0.383 e. The number of hydrogen-bond donors (Lipinski definition) is 1. The van der Waals surface area contributed by atoms with E-state index < -0.39 is 33.3 Å². The Hall–Kier alpha value is -4.06. The van der Waals surface area contributed by atoms with E-state index in [4.69, 9.17) is 5.73 Å². The third-order valence-electron chi connectivity index (χ3n) is 6.22. The molecule has 0 saturated heterocycles. The van der Waals surface area contributed by atoms with Crippen LogP contribution in [0.15, 0.2) is 66.0 Å². The maximum Gasteiger partial charge on any atom is 0.419 e. The predicted molar refractivity (Wildman–Crippen MR) is 135 cm³/mol. The number of hydrogen-bond acceptors (Lipinski definition) is 7. The number of aromatic nitrogens is 3. The van der Waals surface area contributed by atoms with Gasteiger partial charge in [0.2, 0.25) is 0 Å². The van der Waals surface area contributed by atoms with Crippen LogP contribution in [0.4, 0.5) is 24.7 Å². The molecule has 2 N–H and O–H groups in total. The van der Waals surface area contributed by atoms with E-state index in [-0.39, 0.29) is 33.7 Å². The Balaban J connectivity index is 1.57. The van der Waals surface area contributed by atoms with Gasteiger partial charge in [-0.3, -0.25) is 9.78 Å². The second-order valence-corrected chi connectivity index (χ2v) is 11.1. The number of nitrogen functional groups attached to an aromatic ring is 1. The number of sulfone groups is 1. The number of halogens is 3. The van der Waals surface area contributed by atoms with Crippen molar-refractivity contribution in [2.24, 2.45) is 0 Å². The highest BCUT2D eigenvalue weighted by Gasteiger charge is 2.34. The van der Waals surface area contributed by atoms with Gasteiger partial charge in [0.25, 0.3) is 5.91 Å². The molecule has 1 aromatic carbocycles. The van der Waals surface area contributed by atoms with Crippen LogP contribution in [0.25, 0.3) is 10.9 Å². The molecule has 38 heavy (non-hydrogen) atoms. The molecule has 3 heterocycles. The van der Waals surface area contributed by atoms with Crippen LogP contribution in [0.2, 0.25) is 0 Å². The molecule has 0 spiro atoms. The average Bonchev–Trinajstić information content (AvgIpc) is 3.71. The molecule has 0 radical (unpaired) electrons. The van der Waals surface area contributed by atoms with Gasteiger partial charge in [-0.2, -0.15) is 13.2 Å². The minimum atomic E-state index is -4.65. The summed E-state index contributed by atoms with van der Waals surface area (Å²) in [5.74, 6) is -0.790. The van der Waals surface area contributed by atoms with Crippen molar-refractivity contribution in [2.75, 3.05) is 16.9 Å². The lowest BCUT2D eigenvalue weighted by atomic mass is 10.1. The molecule has 1 aliphatic carbocycles. The molecular weight excluding hydrogens is 519 g/mol. The van der Waals surface area contributed by atoms with Crippen LogP contribution in [0.3, 0.4) is 0 Å². The normalized spacial score (nSPS) is 14.0. The standard InChI is InChI=1S/C26H22F3N5O3S/c1-38(36,37)24-22(3-2-10-31-24)34(25(35)18-8-9-20(32-13-18)16-6-7-16)14-15-4-5-17-12-19(26(27,28)29)23(30)33-21(17)11-15/h2-5,8-13,16H,6-7,14H2,1H3,(H2,30,33). The van der Waals surface area contributed by atoms with Crippen LogP contribution in [0, 0.1) is 0 Å². The van der Waals surface area contributed by atoms with Gasteiger partial charge >= 0.3 is 6.18 Å². The van der Waals surface area contributed by atoms with E-state index in [2.05, 4.69) is 15.0 Å². The second kappa shape index (κ2) is 9.35. The lowest BCUT2D eigenvalue weighted by Crippen LogP contribution is -2.32. The van der Waals surface area contributed by atoms with Gasteiger partial charge < -0.3 is 10.6 Å². The fourth-order valence-corrected chi connectivity index (χ4v) is 4.99. The zero-order chi connectivity index (χ0) is 27.2. The molecule has 1 amide bonds. The summed E-state index contributed by atoms with van der Waals surface area (Å²) < 4.78 is 64.7.